The maximum Gasteiger partial charge on any atom is 0.261 e. The van der Waals surface area contributed by atoms with Crippen molar-refractivity contribution in [3.05, 3.63) is 70.3 Å². The maximum atomic E-state index is 13.5. The van der Waals surface area contributed by atoms with Gasteiger partial charge in [-0.1, -0.05) is 24.3 Å². The second kappa shape index (κ2) is 7.82. The summed E-state index contributed by atoms with van der Waals surface area (Å²) in [5, 5.41) is 6.98. The van der Waals surface area contributed by atoms with Crippen molar-refractivity contribution in [2.75, 3.05) is 25.0 Å². The van der Waals surface area contributed by atoms with Crippen LogP contribution in [0.5, 0.6) is 0 Å². The zero-order valence-corrected chi connectivity index (χ0v) is 19.5. The molecule has 1 atom stereocenters. The van der Waals surface area contributed by atoms with Crippen LogP contribution in [0.15, 0.2) is 64.8 Å². The van der Waals surface area contributed by atoms with Gasteiger partial charge in [0.1, 0.15) is 11.4 Å². The highest BCUT2D eigenvalue weighted by Gasteiger charge is 2.35. The van der Waals surface area contributed by atoms with Gasteiger partial charge in [0.05, 0.1) is 22.2 Å². The second-order valence-electron chi connectivity index (χ2n) is 9.43. The number of H-pyrrole nitrogens is 2. The van der Waals surface area contributed by atoms with E-state index in [4.69, 9.17) is 4.98 Å². The number of para-hydroxylation sites is 2. The zero-order chi connectivity index (χ0) is 22.6. The fraction of sp³-hybridized carbons (Fsp3) is 0.259. The summed E-state index contributed by atoms with van der Waals surface area (Å²) in [6.07, 6.45) is 2.42. The minimum absolute atomic E-state index is 0.126. The lowest BCUT2D eigenvalue weighted by molar-refractivity contribution is 0.0976. The van der Waals surface area contributed by atoms with Gasteiger partial charge in [-0.25, -0.2) is 4.98 Å². The van der Waals surface area contributed by atoms with E-state index in [0.29, 0.717) is 23.3 Å². The Morgan fingerprint density at radius 3 is 2.65 bits per heavy atom. The molecule has 2 bridgehead atoms. The normalized spacial score (nSPS) is 21.9. The van der Waals surface area contributed by atoms with Gasteiger partial charge in [0, 0.05) is 22.8 Å². The predicted octanol–water partition coefficient (Wildman–Crippen LogP) is 5.31. The molecule has 3 aliphatic heterocycles. The minimum Gasteiger partial charge on any atom is -0.379 e. The van der Waals surface area contributed by atoms with Crippen molar-refractivity contribution in [3.8, 4) is 21.8 Å². The highest BCUT2D eigenvalue weighted by atomic mass is 32.1. The number of piperidine rings is 3. The molecule has 2 aromatic carbocycles. The number of nitrogens with zero attached hydrogens (tertiary/aromatic N) is 2. The number of hydrogen-bond donors (Lipinski definition) is 3. The monoisotopic (exact) mass is 467 g/mol. The summed E-state index contributed by atoms with van der Waals surface area (Å²) in [5.74, 6) is 1.23. The van der Waals surface area contributed by atoms with Gasteiger partial charge in [-0.05, 0) is 73.1 Å². The molecule has 3 fully saturated rings. The standard InChI is InChI=1S/C27H25N5OS/c33-27-24(26-29-20-4-1-2-5-21(20)30-26)25(28-22-15-32-11-9-16(22)10-12-32)18-14-17(7-8-19(18)31-27)23-6-3-13-34-23/h1-8,13-14,16,22H,9-12,15H2,(H,29,30)(H2,28,31,33)/t22-/m0/s1. The minimum atomic E-state index is -0.126. The number of benzene rings is 2. The number of nitrogens with one attached hydrogen (secondary N) is 3. The van der Waals surface area contributed by atoms with E-state index in [1.54, 1.807) is 11.3 Å². The molecule has 0 saturated carbocycles. The number of fused-ring (bicyclic) bond motifs is 5. The van der Waals surface area contributed by atoms with Crippen LogP contribution >= 0.6 is 11.3 Å². The van der Waals surface area contributed by atoms with Gasteiger partial charge < -0.3 is 20.2 Å². The summed E-state index contributed by atoms with van der Waals surface area (Å²) in [4.78, 5) is 28.5. The van der Waals surface area contributed by atoms with Crippen LogP contribution in [-0.4, -0.2) is 45.5 Å². The Bertz CT molecular complexity index is 1530. The number of aromatic nitrogens is 3. The summed E-state index contributed by atoms with van der Waals surface area (Å²) in [5.41, 5.74) is 5.13. The maximum absolute atomic E-state index is 13.5. The average Bonchev–Trinajstić information content (AvgIpc) is 3.55. The van der Waals surface area contributed by atoms with Gasteiger partial charge in [-0.2, -0.15) is 0 Å². The van der Waals surface area contributed by atoms with E-state index in [0.717, 1.165) is 39.7 Å². The third kappa shape index (κ3) is 3.27. The lowest BCUT2D eigenvalue weighted by atomic mass is 9.83. The Morgan fingerprint density at radius 2 is 1.88 bits per heavy atom. The molecule has 7 heteroatoms. The quantitative estimate of drug-likeness (QED) is 0.335. The van der Waals surface area contributed by atoms with Gasteiger partial charge in [0.25, 0.3) is 5.56 Å². The average molecular weight is 468 g/mol. The molecular weight excluding hydrogens is 442 g/mol. The summed E-state index contributed by atoms with van der Waals surface area (Å²) in [6.45, 7) is 3.37. The molecule has 6 nitrogen and oxygen atoms in total. The molecule has 0 unspecified atom stereocenters. The lowest BCUT2D eigenvalue weighted by Gasteiger charge is -2.45. The van der Waals surface area contributed by atoms with E-state index in [-0.39, 0.29) is 5.56 Å². The first-order chi connectivity index (χ1) is 16.7. The van der Waals surface area contributed by atoms with Crippen molar-refractivity contribution >= 4 is 39.0 Å². The first-order valence-corrected chi connectivity index (χ1v) is 12.8. The highest BCUT2D eigenvalue weighted by Crippen LogP contribution is 2.37. The van der Waals surface area contributed by atoms with Gasteiger partial charge >= 0.3 is 0 Å². The van der Waals surface area contributed by atoms with Gasteiger partial charge in [-0.3, -0.25) is 4.79 Å². The van der Waals surface area contributed by atoms with Gasteiger partial charge in [-0.15, -0.1) is 11.3 Å². The van der Waals surface area contributed by atoms with Crippen LogP contribution in [0.3, 0.4) is 0 Å². The van der Waals surface area contributed by atoms with Crippen molar-refractivity contribution < 1.29 is 0 Å². The fourth-order valence-electron chi connectivity index (χ4n) is 5.65. The van der Waals surface area contributed by atoms with Crippen molar-refractivity contribution in [1.82, 2.24) is 19.9 Å². The summed E-state index contributed by atoms with van der Waals surface area (Å²) in [7, 11) is 0. The number of anilines is 1. The summed E-state index contributed by atoms with van der Waals surface area (Å²) < 4.78 is 0. The number of hydrogen-bond acceptors (Lipinski definition) is 5. The third-order valence-corrected chi connectivity index (χ3v) is 8.35. The van der Waals surface area contributed by atoms with Crippen LogP contribution < -0.4 is 10.9 Å². The lowest BCUT2D eigenvalue weighted by Crippen LogP contribution is -2.53. The second-order valence-corrected chi connectivity index (χ2v) is 10.4. The van der Waals surface area contributed by atoms with Gasteiger partial charge in [0.15, 0.2) is 0 Å². The highest BCUT2D eigenvalue weighted by molar-refractivity contribution is 7.13. The molecule has 5 aromatic rings. The van der Waals surface area contributed by atoms with Crippen LogP contribution in [-0.2, 0) is 0 Å². The van der Waals surface area contributed by atoms with Crippen LogP contribution in [0.4, 0.5) is 5.69 Å². The molecule has 34 heavy (non-hydrogen) atoms. The Hall–Kier alpha value is -3.42. The van der Waals surface area contributed by atoms with E-state index in [9.17, 15) is 4.79 Å². The van der Waals surface area contributed by atoms with Crippen molar-refractivity contribution in [3.63, 3.8) is 0 Å². The molecule has 0 spiro atoms. The van der Waals surface area contributed by atoms with Crippen LogP contribution in [0.1, 0.15) is 12.8 Å². The van der Waals surface area contributed by atoms with E-state index >= 15 is 0 Å². The SMILES string of the molecule is O=c1[nH]c2ccc(-c3cccs3)cc2c(N[C@H]2CN3CCC2CC3)c1-c1nc2ccccc2[nH]1. The third-order valence-electron chi connectivity index (χ3n) is 7.43. The number of aromatic amines is 2. The molecule has 0 amide bonds. The van der Waals surface area contributed by atoms with Gasteiger partial charge in [0.2, 0.25) is 0 Å². The molecule has 3 aliphatic rings. The molecule has 6 heterocycles. The van der Waals surface area contributed by atoms with Crippen molar-refractivity contribution in [2.24, 2.45) is 5.92 Å². The zero-order valence-electron chi connectivity index (χ0n) is 18.7. The number of thiophene rings is 1. The molecule has 0 aliphatic carbocycles. The molecule has 3 saturated heterocycles. The van der Waals surface area contributed by atoms with Crippen molar-refractivity contribution in [1.29, 1.82) is 0 Å². The summed E-state index contributed by atoms with van der Waals surface area (Å²) in [6, 6.07) is 18.8. The fourth-order valence-corrected chi connectivity index (χ4v) is 6.37. The van der Waals surface area contributed by atoms with E-state index in [1.807, 2.05) is 30.3 Å². The Balaban J connectivity index is 1.45. The summed E-state index contributed by atoms with van der Waals surface area (Å²) >= 11 is 1.73. The molecule has 0 radical (unpaired) electrons. The van der Waals surface area contributed by atoms with E-state index in [1.165, 1.54) is 30.8 Å². The van der Waals surface area contributed by atoms with Crippen molar-refractivity contribution in [2.45, 2.75) is 18.9 Å². The van der Waals surface area contributed by atoms with E-state index < -0.39 is 0 Å². The van der Waals surface area contributed by atoms with Crippen LogP contribution in [0.25, 0.3) is 43.8 Å². The molecular formula is C27H25N5OS. The smallest absolute Gasteiger partial charge is 0.261 e. The largest absolute Gasteiger partial charge is 0.379 e. The Labute approximate surface area is 200 Å². The Morgan fingerprint density at radius 1 is 1.00 bits per heavy atom. The molecule has 170 valence electrons. The number of imidazole rings is 1. The molecule has 3 aromatic heterocycles. The molecule has 8 rings (SSSR count). The first-order valence-electron chi connectivity index (χ1n) is 11.9. The predicted molar refractivity (Wildman–Crippen MR) is 140 cm³/mol. The number of rotatable bonds is 4. The Kier molecular flexibility index (Phi) is 4.60. The van der Waals surface area contributed by atoms with E-state index in [2.05, 4.69) is 49.8 Å². The number of pyridine rings is 1. The first kappa shape index (κ1) is 20.0. The van der Waals surface area contributed by atoms with Crippen LogP contribution in [0, 0.1) is 5.92 Å². The van der Waals surface area contributed by atoms with Crippen LogP contribution in [0.2, 0.25) is 0 Å². The topological polar surface area (TPSA) is 76.8 Å². The molecule has 3 N–H and O–H groups in total.